The van der Waals surface area contributed by atoms with Gasteiger partial charge in [0.2, 0.25) is 5.91 Å². The van der Waals surface area contributed by atoms with E-state index in [2.05, 4.69) is 22.1 Å². The van der Waals surface area contributed by atoms with Crippen molar-refractivity contribution in [2.24, 2.45) is 0 Å². The molecule has 3 rings (SSSR count). The van der Waals surface area contributed by atoms with E-state index in [0.717, 1.165) is 11.1 Å². The average molecular weight is 443 g/mol. The number of hydrogen-bond donors (Lipinski definition) is 1. The minimum Gasteiger partial charge on any atom is -0.496 e. The molecule has 0 fully saturated rings. The quantitative estimate of drug-likeness (QED) is 0.382. The SMILES string of the molecule is C=CCn1c(SCC(=O)NC(C)c2ccc(Cl)cc2)nnc1-c1ccccc1OC. The molecule has 0 radical (unpaired) electrons. The lowest BCUT2D eigenvalue weighted by Gasteiger charge is -2.14. The molecule has 1 heterocycles. The number of aromatic nitrogens is 3. The Balaban J connectivity index is 1.70. The van der Waals surface area contributed by atoms with Gasteiger partial charge < -0.3 is 10.1 Å². The van der Waals surface area contributed by atoms with Gasteiger partial charge in [0.1, 0.15) is 5.75 Å². The fraction of sp³-hybridized carbons (Fsp3) is 0.227. The molecule has 2 aromatic carbocycles. The zero-order valence-corrected chi connectivity index (χ0v) is 18.4. The number of hydrogen-bond acceptors (Lipinski definition) is 5. The molecule has 0 aliphatic heterocycles. The van der Waals surface area contributed by atoms with Crippen molar-refractivity contribution in [2.75, 3.05) is 12.9 Å². The zero-order valence-electron chi connectivity index (χ0n) is 16.8. The molecule has 0 aliphatic rings. The summed E-state index contributed by atoms with van der Waals surface area (Å²) in [6, 6.07) is 14.9. The number of amides is 1. The van der Waals surface area contributed by atoms with Crippen molar-refractivity contribution in [3.05, 3.63) is 71.8 Å². The molecule has 0 bridgehead atoms. The van der Waals surface area contributed by atoms with Crippen LogP contribution < -0.4 is 10.1 Å². The van der Waals surface area contributed by atoms with Gasteiger partial charge in [-0.1, -0.05) is 53.7 Å². The van der Waals surface area contributed by atoms with Crippen LogP contribution >= 0.6 is 23.4 Å². The molecule has 1 N–H and O–H groups in total. The second-order valence-corrected chi connectivity index (χ2v) is 7.91. The Bertz CT molecular complexity index is 1020. The molecule has 6 nitrogen and oxygen atoms in total. The van der Waals surface area contributed by atoms with E-state index in [4.69, 9.17) is 16.3 Å². The van der Waals surface area contributed by atoms with E-state index in [1.165, 1.54) is 11.8 Å². The van der Waals surface area contributed by atoms with E-state index in [9.17, 15) is 4.79 Å². The highest BCUT2D eigenvalue weighted by atomic mass is 35.5. The molecule has 0 spiro atoms. The maximum absolute atomic E-state index is 12.5. The summed E-state index contributed by atoms with van der Waals surface area (Å²) in [5, 5.41) is 12.9. The van der Waals surface area contributed by atoms with E-state index in [1.54, 1.807) is 13.2 Å². The molecule has 0 saturated heterocycles. The molecule has 30 heavy (non-hydrogen) atoms. The molecular weight excluding hydrogens is 420 g/mol. The van der Waals surface area contributed by atoms with E-state index in [1.807, 2.05) is 60.0 Å². The molecule has 1 unspecified atom stereocenters. The largest absolute Gasteiger partial charge is 0.496 e. The maximum atomic E-state index is 12.5. The number of ether oxygens (including phenoxy) is 1. The highest BCUT2D eigenvalue weighted by Gasteiger charge is 2.18. The van der Waals surface area contributed by atoms with Crippen molar-refractivity contribution in [1.29, 1.82) is 0 Å². The normalized spacial score (nSPS) is 11.7. The summed E-state index contributed by atoms with van der Waals surface area (Å²) in [6.45, 7) is 6.28. The third kappa shape index (κ3) is 5.23. The number of para-hydroxylation sites is 1. The summed E-state index contributed by atoms with van der Waals surface area (Å²) < 4.78 is 7.37. The minimum atomic E-state index is -0.120. The standard InChI is InChI=1S/C22H23ClN4O2S/c1-4-13-27-21(18-7-5-6-8-19(18)29-3)25-26-22(27)30-14-20(28)24-15(2)16-9-11-17(23)12-10-16/h4-12,15H,1,13-14H2,2-3H3,(H,24,28). The van der Waals surface area contributed by atoms with Gasteiger partial charge >= 0.3 is 0 Å². The summed E-state index contributed by atoms with van der Waals surface area (Å²) in [6.07, 6.45) is 1.77. The highest BCUT2D eigenvalue weighted by molar-refractivity contribution is 7.99. The second kappa shape index (κ2) is 10.3. The second-order valence-electron chi connectivity index (χ2n) is 6.54. The Morgan fingerprint density at radius 1 is 1.27 bits per heavy atom. The van der Waals surface area contributed by atoms with Crippen molar-refractivity contribution in [3.63, 3.8) is 0 Å². The zero-order chi connectivity index (χ0) is 21.5. The summed E-state index contributed by atoms with van der Waals surface area (Å²) in [4.78, 5) is 12.5. The molecule has 156 valence electrons. The van der Waals surface area contributed by atoms with Crippen LogP contribution in [0.5, 0.6) is 5.75 Å². The third-order valence-corrected chi connectivity index (χ3v) is 5.67. The van der Waals surface area contributed by atoms with Gasteiger partial charge in [-0.2, -0.15) is 0 Å². The van der Waals surface area contributed by atoms with Crippen LogP contribution in [0.1, 0.15) is 18.5 Å². The van der Waals surface area contributed by atoms with E-state index in [0.29, 0.717) is 28.3 Å². The first-order chi connectivity index (χ1) is 14.5. The summed E-state index contributed by atoms with van der Waals surface area (Å²) >= 11 is 7.26. The molecule has 1 amide bonds. The van der Waals surface area contributed by atoms with Gasteiger partial charge in [-0.05, 0) is 36.8 Å². The molecule has 1 atom stereocenters. The maximum Gasteiger partial charge on any atom is 0.230 e. The lowest BCUT2D eigenvalue weighted by Crippen LogP contribution is -2.28. The van der Waals surface area contributed by atoms with E-state index < -0.39 is 0 Å². The number of nitrogens with one attached hydrogen (secondary N) is 1. The Morgan fingerprint density at radius 3 is 2.70 bits per heavy atom. The van der Waals surface area contributed by atoms with Crippen molar-refractivity contribution >= 4 is 29.3 Å². The number of halogens is 1. The number of rotatable bonds is 9. The van der Waals surface area contributed by atoms with Gasteiger partial charge in [-0.15, -0.1) is 16.8 Å². The van der Waals surface area contributed by atoms with E-state index >= 15 is 0 Å². The molecule has 0 saturated carbocycles. The summed E-state index contributed by atoms with van der Waals surface area (Å²) in [7, 11) is 1.62. The predicted molar refractivity (Wildman–Crippen MR) is 121 cm³/mol. The van der Waals surface area contributed by atoms with Crippen LogP contribution in [0, 0.1) is 0 Å². The number of thioether (sulfide) groups is 1. The van der Waals surface area contributed by atoms with Gasteiger partial charge in [-0.25, -0.2) is 0 Å². The Labute approximate surface area is 185 Å². The molecule has 1 aromatic heterocycles. The first-order valence-electron chi connectivity index (χ1n) is 9.38. The van der Waals surface area contributed by atoms with Crippen LogP contribution in [0.2, 0.25) is 5.02 Å². The van der Waals surface area contributed by atoms with Gasteiger partial charge in [-0.3, -0.25) is 9.36 Å². The van der Waals surface area contributed by atoms with Crippen molar-refractivity contribution in [2.45, 2.75) is 24.7 Å². The van der Waals surface area contributed by atoms with Crippen LogP contribution in [-0.4, -0.2) is 33.5 Å². The van der Waals surface area contributed by atoms with Crippen LogP contribution in [0.4, 0.5) is 0 Å². The Kier molecular flexibility index (Phi) is 7.54. The summed E-state index contributed by atoms with van der Waals surface area (Å²) in [5.74, 6) is 1.51. The van der Waals surface area contributed by atoms with Crippen LogP contribution in [0.25, 0.3) is 11.4 Å². The number of carbonyl (C=O) groups is 1. The molecule has 0 aliphatic carbocycles. The smallest absolute Gasteiger partial charge is 0.230 e. The Hall–Kier alpha value is -2.77. The number of carbonyl (C=O) groups excluding carboxylic acids is 1. The van der Waals surface area contributed by atoms with Crippen molar-refractivity contribution in [1.82, 2.24) is 20.1 Å². The number of allylic oxidation sites excluding steroid dienone is 1. The van der Waals surface area contributed by atoms with E-state index in [-0.39, 0.29) is 17.7 Å². The Morgan fingerprint density at radius 2 is 2.00 bits per heavy atom. The summed E-state index contributed by atoms with van der Waals surface area (Å²) in [5.41, 5.74) is 1.83. The van der Waals surface area contributed by atoms with Crippen molar-refractivity contribution < 1.29 is 9.53 Å². The molecular formula is C22H23ClN4O2S. The number of nitrogens with zero attached hydrogens (tertiary/aromatic N) is 3. The molecule has 8 heteroatoms. The highest BCUT2D eigenvalue weighted by Crippen LogP contribution is 2.31. The predicted octanol–water partition coefficient (Wildman–Crippen LogP) is 4.76. The first kappa shape index (κ1) is 21.9. The van der Waals surface area contributed by atoms with Gasteiger partial charge in [0.05, 0.1) is 24.5 Å². The lowest BCUT2D eigenvalue weighted by molar-refractivity contribution is -0.119. The monoisotopic (exact) mass is 442 g/mol. The number of methoxy groups -OCH3 is 1. The minimum absolute atomic E-state index is 0.0885. The lowest BCUT2D eigenvalue weighted by atomic mass is 10.1. The third-order valence-electron chi connectivity index (χ3n) is 4.46. The van der Waals surface area contributed by atoms with Crippen molar-refractivity contribution in [3.8, 4) is 17.1 Å². The van der Waals surface area contributed by atoms with Gasteiger partial charge in [0, 0.05) is 11.6 Å². The average Bonchev–Trinajstić information content (AvgIpc) is 3.15. The number of benzene rings is 2. The van der Waals surface area contributed by atoms with Crippen LogP contribution in [-0.2, 0) is 11.3 Å². The van der Waals surface area contributed by atoms with Crippen LogP contribution in [0.15, 0.2) is 66.3 Å². The van der Waals surface area contributed by atoms with Crippen LogP contribution in [0.3, 0.4) is 0 Å². The topological polar surface area (TPSA) is 69.0 Å². The fourth-order valence-electron chi connectivity index (χ4n) is 2.97. The molecule has 3 aromatic rings. The van der Waals surface area contributed by atoms with Gasteiger partial charge in [0.25, 0.3) is 0 Å². The fourth-order valence-corrected chi connectivity index (χ4v) is 3.85. The van der Waals surface area contributed by atoms with Gasteiger partial charge in [0.15, 0.2) is 11.0 Å². The first-order valence-corrected chi connectivity index (χ1v) is 10.7.